The molecule has 116 valence electrons. The van der Waals surface area contributed by atoms with E-state index < -0.39 is 6.09 Å². The van der Waals surface area contributed by atoms with E-state index in [1.54, 1.807) is 13.1 Å². The van der Waals surface area contributed by atoms with Gasteiger partial charge in [0.1, 0.15) is 5.01 Å². The molecule has 0 saturated carbocycles. The van der Waals surface area contributed by atoms with Crippen LogP contribution in [0.25, 0.3) is 22.0 Å². The van der Waals surface area contributed by atoms with Crippen LogP contribution in [0, 0.1) is 0 Å². The highest BCUT2D eigenvalue weighted by atomic mass is 32.1. The largest absolute Gasteiger partial charge is 0.450 e. The highest BCUT2D eigenvalue weighted by molar-refractivity contribution is 7.13. The first-order chi connectivity index (χ1) is 11.3. The molecule has 0 atom stereocenters. The van der Waals surface area contributed by atoms with Gasteiger partial charge >= 0.3 is 6.09 Å². The van der Waals surface area contributed by atoms with E-state index in [0.717, 1.165) is 22.0 Å². The number of ether oxygens (including phenoxy) is 1. The first-order valence-electron chi connectivity index (χ1n) is 7.17. The van der Waals surface area contributed by atoms with Gasteiger partial charge in [-0.05, 0) is 31.2 Å². The summed E-state index contributed by atoms with van der Waals surface area (Å²) in [5, 5.41) is 5.54. The summed E-state index contributed by atoms with van der Waals surface area (Å²) in [7, 11) is 0. The fourth-order valence-electron chi connectivity index (χ4n) is 2.05. The molecule has 23 heavy (non-hydrogen) atoms. The second-order valence-electron chi connectivity index (χ2n) is 4.68. The molecule has 5 nitrogen and oxygen atoms in total. The van der Waals surface area contributed by atoms with E-state index in [1.807, 2.05) is 47.8 Å². The number of carbonyl (C=O) groups is 1. The van der Waals surface area contributed by atoms with E-state index in [0.29, 0.717) is 12.3 Å². The molecule has 3 rings (SSSR count). The maximum absolute atomic E-state index is 11.5. The van der Waals surface area contributed by atoms with Crippen molar-refractivity contribution in [2.75, 3.05) is 11.9 Å². The molecule has 0 fully saturated rings. The van der Waals surface area contributed by atoms with Gasteiger partial charge in [0.2, 0.25) is 0 Å². The minimum Gasteiger partial charge on any atom is -0.450 e. The predicted octanol–water partition coefficient (Wildman–Crippen LogP) is 4.44. The zero-order valence-electron chi connectivity index (χ0n) is 12.5. The normalized spacial score (nSPS) is 10.3. The Morgan fingerprint density at radius 3 is 2.91 bits per heavy atom. The minimum absolute atomic E-state index is 0.338. The lowest BCUT2D eigenvalue weighted by atomic mass is 10.1. The molecule has 0 aliphatic carbocycles. The standard InChI is InChI=1S/C17H15N3O2S/c1-2-22-17(21)19-13-7-5-6-12(10-13)15-11-23-16(20-15)14-8-3-4-9-18-14/h3-11H,2H2,1H3,(H,19,21). The van der Waals surface area contributed by atoms with Crippen molar-refractivity contribution < 1.29 is 9.53 Å². The van der Waals surface area contributed by atoms with E-state index >= 15 is 0 Å². The third-order valence-electron chi connectivity index (χ3n) is 3.07. The molecule has 1 N–H and O–H groups in total. The molecular formula is C17H15N3O2S. The summed E-state index contributed by atoms with van der Waals surface area (Å²) < 4.78 is 4.88. The lowest BCUT2D eigenvalue weighted by molar-refractivity contribution is 0.168. The second kappa shape index (κ2) is 7.02. The van der Waals surface area contributed by atoms with Gasteiger partial charge in [0.15, 0.2) is 0 Å². The Balaban J connectivity index is 1.82. The number of pyridine rings is 1. The van der Waals surface area contributed by atoms with Crippen LogP contribution in [0.15, 0.2) is 54.0 Å². The minimum atomic E-state index is -0.461. The molecule has 0 aliphatic rings. The Hall–Kier alpha value is -2.73. The Labute approximate surface area is 138 Å². The molecule has 6 heteroatoms. The molecule has 2 heterocycles. The smallest absolute Gasteiger partial charge is 0.411 e. The zero-order valence-corrected chi connectivity index (χ0v) is 13.3. The van der Waals surface area contributed by atoms with Crippen LogP contribution in [0.5, 0.6) is 0 Å². The van der Waals surface area contributed by atoms with Crippen LogP contribution in [-0.2, 0) is 4.74 Å². The molecule has 2 aromatic heterocycles. The topological polar surface area (TPSA) is 64.1 Å². The van der Waals surface area contributed by atoms with E-state index in [4.69, 9.17) is 4.74 Å². The summed E-state index contributed by atoms with van der Waals surface area (Å²) >= 11 is 1.54. The molecule has 0 bridgehead atoms. The van der Waals surface area contributed by atoms with Crippen LogP contribution in [0.4, 0.5) is 10.5 Å². The van der Waals surface area contributed by atoms with Crippen molar-refractivity contribution >= 4 is 23.1 Å². The highest BCUT2D eigenvalue weighted by Crippen LogP contribution is 2.28. The van der Waals surface area contributed by atoms with Gasteiger partial charge in [0, 0.05) is 22.8 Å². The number of nitrogens with one attached hydrogen (secondary N) is 1. The van der Waals surface area contributed by atoms with Crippen LogP contribution < -0.4 is 5.32 Å². The first kappa shape index (κ1) is 15.2. The number of anilines is 1. The van der Waals surface area contributed by atoms with Gasteiger partial charge in [-0.25, -0.2) is 9.78 Å². The van der Waals surface area contributed by atoms with Crippen molar-refractivity contribution in [2.45, 2.75) is 6.92 Å². The van der Waals surface area contributed by atoms with E-state index in [9.17, 15) is 4.79 Å². The summed E-state index contributed by atoms with van der Waals surface area (Å²) in [5.74, 6) is 0. The number of amides is 1. The predicted molar refractivity (Wildman–Crippen MR) is 91.4 cm³/mol. The number of hydrogen-bond acceptors (Lipinski definition) is 5. The number of hydrogen-bond donors (Lipinski definition) is 1. The van der Waals surface area contributed by atoms with Crippen LogP contribution in [0.1, 0.15) is 6.92 Å². The third kappa shape index (κ3) is 3.73. The SMILES string of the molecule is CCOC(=O)Nc1cccc(-c2csc(-c3ccccn3)n2)c1. The van der Waals surface area contributed by atoms with Crippen molar-refractivity contribution in [3.63, 3.8) is 0 Å². The van der Waals surface area contributed by atoms with Crippen LogP contribution in [0.2, 0.25) is 0 Å². The Kier molecular flexibility index (Phi) is 4.63. The molecule has 3 aromatic rings. The summed E-state index contributed by atoms with van der Waals surface area (Å²) in [5.41, 5.74) is 3.30. The molecule has 0 radical (unpaired) electrons. The van der Waals surface area contributed by atoms with Gasteiger partial charge in [0.25, 0.3) is 0 Å². The molecular weight excluding hydrogens is 310 g/mol. The maximum Gasteiger partial charge on any atom is 0.411 e. The first-order valence-corrected chi connectivity index (χ1v) is 8.05. The number of carbonyl (C=O) groups excluding carboxylic acids is 1. The number of nitrogens with zero attached hydrogens (tertiary/aromatic N) is 2. The number of aromatic nitrogens is 2. The van der Waals surface area contributed by atoms with Gasteiger partial charge in [0.05, 0.1) is 18.0 Å². The van der Waals surface area contributed by atoms with Gasteiger partial charge in [-0.15, -0.1) is 11.3 Å². The van der Waals surface area contributed by atoms with Gasteiger partial charge in [-0.2, -0.15) is 0 Å². The summed E-state index contributed by atoms with van der Waals surface area (Å²) in [6, 6.07) is 13.3. The molecule has 0 unspecified atom stereocenters. The van der Waals surface area contributed by atoms with Crippen LogP contribution in [0.3, 0.4) is 0 Å². The molecule has 0 saturated heterocycles. The number of benzene rings is 1. The summed E-state index contributed by atoms with van der Waals surface area (Å²) in [6.07, 6.45) is 1.29. The average molecular weight is 325 g/mol. The highest BCUT2D eigenvalue weighted by Gasteiger charge is 2.09. The maximum atomic E-state index is 11.5. The lowest BCUT2D eigenvalue weighted by Gasteiger charge is -2.06. The van der Waals surface area contributed by atoms with E-state index in [-0.39, 0.29) is 0 Å². The zero-order chi connectivity index (χ0) is 16.1. The van der Waals surface area contributed by atoms with Gasteiger partial charge in [-0.3, -0.25) is 10.3 Å². The quantitative estimate of drug-likeness (QED) is 0.770. The van der Waals surface area contributed by atoms with Crippen LogP contribution >= 0.6 is 11.3 Å². The van der Waals surface area contributed by atoms with Gasteiger partial charge in [-0.1, -0.05) is 18.2 Å². The summed E-state index contributed by atoms with van der Waals surface area (Å²) in [6.45, 7) is 2.11. The van der Waals surface area contributed by atoms with E-state index in [2.05, 4.69) is 15.3 Å². The molecule has 0 aliphatic heterocycles. The third-order valence-corrected chi connectivity index (χ3v) is 3.93. The Bertz CT molecular complexity index is 802. The molecule has 0 spiro atoms. The van der Waals surface area contributed by atoms with Gasteiger partial charge < -0.3 is 4.74 Å². The monoisotopic (exact) mass is 325 g/mol. The Morgan fingerprint density at radius 2 is 2.13 bits per heavy atom. The van der Waals surface area contributed by atoms with Crippen molar-refractivity contribution in [1.82, 2.24) is 9.97 Å². The van der Waals surface area contributed by atoms with Crippen molar-refractivity contribution in [2.24, 2.45) is 0 Å². The van der Waals surface area contributed by atoms with Crippen LogP contribution in [-0.4, -0.2) is 22.7 Å². The number of thiazole rings is 1. The molecule has 1 aromatic carbocycles. The lowest BCUT2D eigenvalue weighted by Crippen LogP contribution is -2.13. The average Bonchev–Trinajstić information content (AvgIpc) is 3.06. The van der Waals surface area contributed by atoms with E-state index in [1.165, 1.54) is 11.3 Å². The Morgan fingerprint density at radius 1 is 1.22 bits per heavy atom. The summed E-state index contributed by atoms with van der Waals surface area (Å²) in [4.78, 5) is 20.4. The fourth-order valence-corrected chi connectivity index (χ4v) is 2.86. The molecule has 1 amide bonds. The van der Waals surface area contributed by atoms with Crippen molar-refractivity contribution in [3.05, 3.63) is 54.0 Å². The number of rotatable bonds is 4. The fraction of sp³-hybridized carbons (Fsp3) is 0.118. The second-order valence-corrected chi connectivity index (χ2v) is 5.54. The van der Waals surface area contributed by atoms with Crippen molar-refractivity contribution in [3.8, 4) is 22.0 Å². The van der Waals surface area contributed by atoms with Crippen molar-refractivity contribution in [1.29, 1.82) is 0 Å².